The van der Waals surface area contributed by atoms with Crippen molar-refractivity contribution in [1.29, 1.82) is 0 Å². The zero-order valence-corrected chi connectivity index (χ0v) is 10.6. The zero-order valence-electron chi connectivity index (χ0n) is 10.6. The normalized spacial score (nSPS) is 17.8. The van der Waals surface area contributed by atoms with E-state index >= 15 is 0 Å². The van der Waals surface area contributed by atoms with Crippen LogP contribution in [0.4, 0.5) is 0 Å². The van der Waals surface area contributed by atoms with E-state index in [2.05, 4.69) is 10.5 Å². The molecule has 1 aromatic rings. The number of hydrogen-bond donors (Lipinski definition) is 1. The molecule has 0 aromatic carbocycles. The van der Waals surface area contributed by atoms with Gasteiger partial charge < -0.3 is 9.84 Å². The molecule has 2 rings (SSSR count). The van der Waals surface area contributed by atoms with Crippen LogP contribution < -0.4 is 5.32 Å². The molecule has 0 radical (unpaired) electrons. The first-order valence-electron chi connectivity index (χ1n) is 6.42. The Morgan fingerprint density at radius 3 is 2.41 bits per heavy atom. The molecule has 1 fully saturated rings. The van der Waals surface area contributed by atoms with Crippen LogP contribution in [-0.2, 0) is 0 Å². The maximum absolute atomic E-state index is 12.0. The third kappa shape index (κ3) is 2.87. The SMILES string of the molecule is Cc1onc(C(=O)NC2CCCCCC2)c1C. The summed E-state index contributed by atoms with van der Waals surface area (Å²) in [7, 11) is 0. The topological polar surface area (TPSA) is 55.1 Å². The Labute approximate surface area is 102 Å². The number of aromatic nitrogens is 1. The number of carbonyl (C=O) groups excluding carboxylic acids is 1. The van der Waals surface area contributed by atoms with Gasteiger partial charge in [0.2, 0.25) is 0 Å². The molecule has 1 saturated carbocycles. The first-order chi connectivity index (χ1) is 8.18. The van der Waals surface area contributed by atoms with Gasteiger partial charge in [0.05, 0.1) is 0 Å². The summed E-state index contributed by atoms with van der Waals surface area (Å²) in [6, 6.07) is 0.307. The second-order valence-electron chi connectivity index (χ2n) is 4.87. The van der Waals surface area contributed by atoms with Crippen molar-refractivity contribution < 1.29 is 9.32 Å². The van der Waals surface area contributed by atoms with E-state index in [1.807, 2.05) is 13.8 Å². The summed E-state index contributed by atoms with van der Waals surface area (Å²) in [6.07, 6.45) is 7.16. The Bertz CT molecular complexity index is 390. The van der Waals surface area contributed by atoms with E-state index in [9.17, 15) is 4.79 Å². The number of aryl methyl sites for hydroxylation is 1. The summed E-state index contributed by atoms with van der Waals surface area (Å²) in [5.74, 6) is 0.627. The highest BCUT2D eigenvalue weighted by molar-refractivity contribution is 5.93. The standard InChI is InChI=1S/C13H20N2O2/c1-9-10(2)17-15-12(9)13(16)14-11-7-5-3-4-6-8-11/h11H,3-8H2,1-2H3,(H,14,16). The van der Waals surface area contributed by atoms with Gasteiger partial charge in [-0.05, 0) is 26.7 Å². The third-order valence-electron chi connectivity index (χ3n) is 3.56. The minimum atomic E-state index is -0.0914. The summed E-state index contributed by atoms with van der Waals surface area (Å²) in [5, 5.41) is 6.88. The van der Waals surface area contributed by atoms with Gasteiger partial charge in [-0.25, -0.2) is 0 Å². The fraction of sp³-hybridized carbons (Fsp3) is 0.692. The molecule has 1 N–H and O–H groups in total. The van der Waals surface area contributed by atoms with Crippen molar-refractivity contribution in [1.82, 2.24) is 10.5 Å². The van der Waals surface area contributed by atoms with Gasteiger partial charge in [-0.1, -0.05) is 30.8 Å². The van der Waals surface area contributed by atoms with Crippen LogP contribution in [0.3, 0.4) is 0 Å². The number of carbonyl (C=O) groups is 1. The van der Waals surface area contributed by atoms with Crippen molar-refractivity contribution in [2.45, 2.75) is 58.4 Å². The second kappa shape index (κ2) is 5.34. The van der Waals surface area contributed by atoms with Crippen LogP contribution in [0.2, 0.25) is 0 Å². The molecule has 4 heteroatoms. The minimum Gasteiger partial charge on any atom is -0.361 e. The molecule has 0 aliphatic heterocycles. The van der Waals surface area contributed by atoms with Gasteiger partial charge >= 0.3 is 0 Å². The first kappa shape index (κ1) is 12.1. The fourth-order valence-corrected chi connectivity index (χ4v) is 2.31. The Balaban J connectivity index is 1.98. The van der Waals surface area contributed by atoms with Crippen LogP contribution in [0.25, 0.3) is 0 Å². The van der Waals surface area contributed by atoms with Gasteiger partial charge in [-0.2, -0.15) is 0 Å². The number of nitrogens with zero attached hydrogens (tertiary/aromatic N) is 1. The van der Waals surface area contributed by atoms with Crippen LogP contribution in [0.5, 0.6) is 0 Å². The Hall–Kier alpha value is -1.32. The van der Waals surface area contributed by atoms with Crippen molar-refractivity contribution in [2.75, 3.05) is 0 Å². The van der Waals surface area contributed by atoms with Crippen molar-refractivity contribution in [3.63, 3.8) is 0 Å². The fourth-order valence-electron chi connectivity index (χ4n) is 2.31. The maximum Gasteiger partial charge on any atom is 0.273 e. The van der Waals surface area contributed by atoms with Crippen LogP contribution in [0.15, 0.2) is 4.52 Å². The van der Waals surface area contributed by atoms with E-state index in [1.54, 1.807) is 0 Å². The maximum atomic E-state index is 12.0. The summed E-state index contributed by atoms with van der Waals surface area (Å²) >= 11 is 0. The van der Waals surface area contributed by atoms with E-state index in [1.165, 1.54) is 25.7 Å². The van der Waals surface area contributed by atoms with Crippen LogP contribution in [0, 0.1) is 13.8 Å². The van der Waals surface area contributed by atoms with E-state index in [0.29, 0.717) is 11.7 Å². The molecular weight excluding hydrogens is 216 g/mol. The van der Waals surface area contributed by atoms with E-state index in [0.717, 1.165) is 24.2 Å². The van der Waals surface area contributed by atoms with Gasteiger partial charge in [0.15, 0.2) is 5.69 Å². The third-order valence-corrected chi connectivity index (χ3v) is 3.56. The Kier molecular flexibility index (Phi) is 3.82. The van der Waals surface area contributed by atoms with Gasteiger partial charge in [-0.3, -0.25) is 4.79 Å². The molecule has 0 bridgehead atoms. The van der Waals surface area contributed by atoms with Crippen LogP contribution in [-0.4, -0.2) is 17.1 Å². The number of nitrogens with one attached hydrogen (secondary N) is 1. The zero-order chi connectivity index (χ0) is 12.3. The molecule has 0 atom stereocenters. The Morgan fingerprint density at radius 1 is 1.24 bits per heavy atom. The van der Waals surface area contributed by atoms with E-state index in [4.69, 9.17) is 4.52 Å². The molecule has 1 heterocycles. The molecule has 1 amide bonds. The molecule has 0 spiro atoms. The van der Waals surface area contributed by atoms with Gasteiger partial charge in [0.25, 0.3) is 5.91 Å². The Morgan fingerprint density at radius 2 is 1.88 bits per heavy atom. The predicted molar refractivity (Wildman–Crippen MR) is 64.9 cm³/mol. The van der Waals surface area contributed by atoms with Crippen molar-refractivity contribution >= 4 is 5.91 Å². The van der Waals surface area contributed by atoms with Crippen molar-refractivity contribution in [3.05, 3.63) is 17.0 Å². The van der Waals surface area contributed by atoms with Gasteiger partial charge in [0.1, 0.15) is 5.76 Å². The smallest absolute Gasteiger partial charge is 0.273 e. The van der Waals surface area contributed by atoms with Crippen LogP contribution >= 0.6 is 0 Å². The summed E-state index contributed by atoms with van der Waals surface area (Å²) in [4.78, 5) is 12.0. The first-order valence-corrected chi connectivity index (χ1v) is 6.42. The molecule has 0 unspecified atom stereocenters. The van der Waals surface area contributed by atoms with Gasteiger partial charge in [0, 0.05) is 11.6 Å². The van der Waals surface area contributed by atoms with E-state index < -0.39 is 0 Å². The van der Waals surface area contributed by atoms with Crippen LogP contribution in [0.1, 0.15) is 60.3 Å². The molecule has 17 heavy (non-hydrogen) atoms. The minimum absolute atomic E-state index is 0.0914. The predicted octanol–water partition coefficient (Wildman–Crippen LogP) is 2.74. The average molecular weight is 236 g/mol. The van der Waals surface area contributed by atoms with Crippen molar-refractivity contribution in [3.8, 4) is 0 Å². The lowest BCUT2D eigenvalue weighted by molar-refractivity contribution is 0.0923. The highest BCUT2D eigenvalue weighted by Crippen LogP contribution is 2.18. The average Bonchev–Trinajstić information content (AvgIpc) is 2.55. The van der Waals surface area contributed by atoms with Gasteiger partial charge in [-0.15, -0.1) is 0 Å². The lowest BCUT2D eigenvalue weighted by atomic mass is 10.1. The molecule has 1 aliphatic rings. The second-order valence-corrected chi connectivity index (χ2v) is 4.87. The molecular formula is C13H20N2O2. The van der Waals surface area contributed by atoms with E-state index in [-0.39, 0.29) is 5.91 Å². The molecule has 94 valence electrons. The summed E-state index contributed by atoms with van der Waals surface area (Å²) < 4.78 is 5.02. The summed E-state index contributed by atoms with van der Waals surface area (Å²) in [6.45, 7) is 3.69. The molecule has 0 saturated heterocycles. The highest BCUT2D eigenvalue weighted by Gasteiger charge is 2.20. The lowest BCUT2D eigenvalue weighted by Gasteiger charge is -2.15. The molecule has 1 aliphatic carbocycles. The number of amides is 1. The number of rotatable bonds is 2. The summed E-state index contributed by atoms with van der Waals surface area (Å²) in [5.41, 5.74) is 1.28. The largest absolute Gasteiger partial charge is 0.361 e. The monoisotopic (exact) mass is 236 g/mol. The molecule has 1 aromatic heterocycles. The molecule has 4 nitrogen and oxygen atoms in total. The number of hydrogen-bond acceptors (Lipinski definition) is 3. The lowest BCUT2D eigenvalue weighted by Crippen LogP contribution is -2.34. The van der Waals surface area contributed by atoms with Crippen molar-refractivity contribution in [2.24, 2.45) is 0 Å². The highest BCUT2D eigenvalue weighted by atomic mass is 16.5. The quantitative estimate of drug-likeness (QED) is 0.803.